The number of thioether (sulfide) groups is 1. The second kappa shape index (κ2) is 3.17. The van der Waals surface area contributed by atoms with Crippen LogP contribution in [-0.4, -0.2) is 9.78 Å². The summed E-state index contributed by atoms with van der Waals surface area (Å²) in [6.07, 6.45) is 2.14. The van der Waals surface area contributed by atoms with Crippen LogP contribution in [0.4, 0.5) is 0 Å². The molecule has 0 spiro atoms. The predicted molar refractivity (Wildman–Crippen MR) is 58.6 cm³/mol. The summed E-state index contributed by atoms with van der Waals surface area (Å²) in [6, 6.07) is 10.3. The lowest BCUT2D eigenvalue weighted by atomic mass is 10.3. The van der Waals surface area contributed by atoms with Crippen molar-refractivity contribution in [3.05, 3.63) is 47.8 Å². The molecule has 3 heteroatoms. The number of nitrogens with zero attached hydrogens (tertiary/aromatic N) is 2. The van der Waals surface area contributed by atoms with Crippen LogP contribution in [0.5, 0.6) is 0 Å². The topological polar surface area (TPSA) is 17.8 Å². The van der Waals surface area contributed by atoms with Gasteiger partial charge in [-0.25, -0.2) is 4.68 Å². The maximum atomic E-state index is 4.56. The summed E-state index contributed by atoms with van der Waals surface area (Å²) in [5.74, 6) is 2.18. The van der Waals surface area contributed by atoms with Gasteiger partial charge in [0.05, 0.1) is 11.4 Å². The van der Waals surface area contributed by atoms with Crippen molar-refractivity contribution in [1.29, 1.82) is 0 Å². The lowest BCUT2D eigenvalue weighted by Crippen LogP contribution is -1.94. The molecule has 0 radical (unpaired) electrons. The third kappa shape index (κ3) is 1.24. The van der Waals surface area contributed by atoms with Crippen LogP contribution in [0.15, 0.2) is 36.5 Å². The number of rotatable bonds is 1. The zero-order valence-corrected chi connectivity index (χ0v) is 8.50. The fraction of sp³-hybridized carbons (Fsp3) is 0.182. The van der Waals surface area contributed by atoms with E-state index in [1.165, 1.54) is 11.3 Å². The van der Waals surface area contributed by atoms with Crippen molar-refractivity contribution in [2.45, 2.75) is 11.5 Å². The molecule has 0 saturated carbocycles. The maximum absolute atomic E-state index is 4.56. The van der Waals surface area contributed by atoms with Gasteiger partial charge < -0.3 is 0 Å². The van der Waals surface area contributed by atoms with Gasteiger partial charge in [-0.05, 0) is 12.1 Å². The van der Waals surface area contributed by atoms with E-state index in [9.17, 15) is 0 Å². The fourth-order valence-electron chi connectivity index (χ4n) is 1.66. The van der Waals surface area contributed by atoms with E-state index < -0.39 is 0 Å². The monoisotopic (exact) mass is 202 g/mol. The SMILES string of the molecule is c1ccc(-n2cc3c(n2)CSC3)cc1. The maximum Gasteiger partial charge on any atom is 0.0768 e. The predicted octanol–water partition coefficient (Wildman–Crippen LogP) is 2.62. The van der Waals surface area contributed by atoms with Gasteiger partial charge in [-0.1, -0.05) is 18.2 Å². The Hall–Kier alpha value is -1.22. The number of hydrogen-bond acceptors (Lipinski definition) is 2. The molecule has 14 heavy (non-hydrogen) atoms. The van der Waals surface area contributed by atoms with Crippen LogP contribution in [0.1, 0.15) is 11.3 Å². The van der Waals surface area contributed by atoms with Gasteiger partial charge in [-0.3, -0.25) is 0 Å². The Balaban J connectivity index is 2.06. The summed E-state index contributed by atoms with van der Waals surface area (Å²) >= 11 is 1.94. The molecule has 0 aliphatic carbocycles. The van der Waals surface area contributed by atoms with E-state index >= 15 is 0 Å². The highest BCUT2D eigenvalue weighted by molar-refractivity contribution is 7.98. The molecule has 1 aliphatic heterocycles. The normalized spacial score (nSPS) is 14.3. The molecule has 2 nitrogen and oxygen atoms in total. The molecule has 0 fully saturated rings. The van der Waals surface area contributed by atoms with Crippen molar-refractivity contribution in [1.82, 2.24) is 9.78 Å². The molecule has 3 rings (SSSR count). The van der Waals surface area contributed by atoms with Gasteiger partial charge >= 0.3 is 0 Å². The fourth-order valence-corrected chi connectivity index (χ4v) is 2.66. The van der Waals surface area contributed by atoms with Crippen molar-refractivity contribution < 1.29 is 0 Å². The van der Waals surface area contributed by atoms with Crippen molar-refractivity contribution in [3.8, 4) is 5.69 Å². The first-order valence-corrected chi connectivity index (χ1v) is 5.79. The second-order valence-electron chi connectivity index (χ2n) is 3.37. The molecule has 1 aromatic heterocycles. The van der Waals surface area contributed by atoms with Crippen LogP contribution in [0.3, 0.4) is 0 Å². The number of fused-ring (bicyclic) bond motifs is 1. The lowest BCUT2D eigenvalue weighted by Gasteiger charge is -1.99. The molecule has 0 saturated heterocycles. The first-order chi connectivity index (χ1) is 6.93. The molecular formula is C11H10N2S. The molecular weight excluding hydrogens is 192 g/mol. The Bertz CT molecular complexity index is 426. The van der Waals surface area contributed by atoms with Crippen molar-refractivity contribution in [2.24, 2.45) is 0 Å². The Labute approximate surface area is 86.9 Å². The largest absolute Gasteiger partial charge is 0.240 e. The Kier molecular flexibility index (Phi) is 1.84. The van der Waals surface area contributed by atoms with Gasteiger partial charge in [0.2, 0.25) is 0 Å². The van der Waals surface area contributed by atoms with E-state index in [4.69, 9.17) is 0 Å². The minimum atomic E-state index is 1.06. The third-order valence-electron chi connectivity index (χ3n) is 2.39. The minimum Gasteiger partial charge on any atom is -0.240 e. The third-order valence-corrected chi connectivity index (χ3v) is 3.39. The van der Waals surface area contributed by atoms with Crippen molar-refractivity contribution >= 4 is 11.8 Å². The van der Waals surface area contributed by atoms with E-state index in [1.807, 2.05) is 34.6 Å². The highest BCUT2D eigenvalue weighted by Crippen LogP contribution is 2.29. The molecule has 2 aromatic rings. The molecule has 0 unspecified atom stereocenters. The van der Waals surface area contributed by atoms with Crippen LogP contribution in [0, 0.1) is 0 Å². The summed E-state index contributed by atoms with van der Waals surface area (Å²) in [5, 5.41) is 4.56. The molecule has 1 aliphatic rings. The quantitative estimate of drug-likeness (QED) is 0.707. The van der Waals surface area contributed by atoms with Gasteiger partial charge in [0, 0.05) is 23.3 Å². The van der Waals surface area contributed by atoms with Crippen molar-refractivity contribution in [3.63, 3.8) is 0 Å². The smallest absolute Gasteiger partial charge is 0.0768 e. The van der Waals surface area contributed by atoms with Crippen LogP contribution in [-0.2, 0) is 11.5 Å². The molecule has 0 amide bonds. The van der Waals surface area contributed by atoms with Crippen LogP contribution in [0.25, 0.3) is 5.69 Å². The average molecular weight is 202 g/mol. The van der Waals surface area contributed by atoms with E-state index in [0.717, 1.165) is 17.2 Å². The van der Waals surface area contributed by atoms with Crippen LogP contribution in [0.2, 0.25) is 0 Å². The molecule has 0 atom stereocenters. The van der Waals surface area contributed by atoms with Crippen LogP contribution >= 0.6 is 11.8 Å². The van der Waals surface area contributed by atoms with E-state index in [2.05, 4.69) is 23.4 Å². The number of benzene rings is 1. The number of hydrogen-bond donors (Lipinski definition) is 0. The lowest BCUT2D eigenvalue weighted by molar-refractivity contribution is 0.859. The molecule has 0 N–H and O–H groups in total. The Morgan fingerprint density at radius 3 is 2.79 bits per heavy atom. The van der Waals surface area contributed by atoms with E-state index in [-0.39, 0.29) is 0 Å². The summed E-state index contributed by atoms with van der Waals surface area (Å²) < 4.78 is 1.98. The first kappa shape index (κ1) is 8.12. The van der Waals surface area contributed by atoms with Gasteiger partial charge in [0.25, 0.3) is 0 Å². The summed E-state index contributed by atoms with van der Waals surface area (Å²) in [6.45, 7) is 0. The Morgan fingerprint density at radius 1 is 1.14 bits per heavy atom. The molecule has 2 heterocycles. The van der Waals surface area contributed by atoms with Gasteiger partial charge in [-0.2, -0.15) is 16.9 Å². The minimum absolute atomic E-state index is 1.06. The molecule has 70 valence electrons. The average Bonchev–Trinajstić information content (AvgIpc) is 2.78. The zero-order chi connectivity index (χ0) is 9.38. The van der Waals surface area contributed by atoms with Gasteiger partial charge in [0.1, 0.15) is 0 Å². The van der Waals surface area contributed by atoms with Gasteiger partial charge in [-0.15, -0.1) is 0 Å². The van der Waals surface area contributed by atoms with Crippen molar-refractivity contribution in [2.75, 3.05) is 0 Å². The summed E-state index contributed by atoms with van der Waals surface area (Å²) in [7, 11) is 0. The second-order valence-corrected chi connectivity index (χ2v) is 4.36. The molecule has 0 bridgehead atoms. The highest BCUT2D eigenvalue weighted by Gasteiger charge is 2.15. The molecule has 1 aromatic carbocycles. The summed E-state index contributed by atoms with van der Waals surface area (Å²) in [5.41, 5.74) is 3.78. The number of para-hydroxylation sites is 1. The summed E-state index contributed by atoms with van der Waals surface area (Å²) in [4.78, 5) is 0. The van der Waals surface area contributed by atoms with E-state index in [1.54, 1.807) is 0 Å². The first-order valence-electron chi connectivity index (χ1n) is 4.64. The van der Waals surface area contributed by atoms with Crippen LogP contribution < -0.4 is 0 Å². The van der Waals surface area contributed by atoms with E-state index in [0.29, 0.717) is 0 Å². The zero-order valence-electron chi connectivity index (χ0n) is 7.68. The highest BCUT2D eigenvalue weighted by atomic mass is 32.2. The standard InChI is InChI=1S/C11H10N2S/c1-2-4-10(5-3-1)13-6-9-7-14-8-11(9)12-13/h1-6H,7-8H2. The number of aromatic nitrogens is 2. The van der Waals surface area contributed by atoms with Gasteiger partial charge in [0.15, 0.2) is 0 Å². The Morgan fingerprint density at radius 2 is 2.00 bits per heavy atom.